The first-order valence-electron chi connectivity index (χ1n) is 6.80. The number of hydrogen-bond donors (Lipinski definition) is 2. The average molecular weight is 264 g/mol. The molecule has 0 radical (unpaired) electrons. The molecular weight excluding hydrogens is 240 g/mol. The minimum absolute atomic E-state index is 0.433. The predicted octanol–water partition coefficient (Wildman–Crippen LogP) is 3.06. The molecule has 0 amide bonds. The van der Waals surface area contributed by atoms with Gasteiger partial charge in [-0.3, -0.25) is 0 Å². The zero-order valence-corrected chi connectivity index (χ0v) is 12.4. The molecule has 1 saturated carbocycles. The minimum atomic E-state index is 0.433. The Bertz CT molecular complexity index is 371. The molecule has 1 aromatic rings. The Balaban J connectivity index is 2.12. The van der Waals surface area contributed by atoms with Gasteiger partial charge in [-0.1, -0.05) is 19.1 Å². The summed E-state index contributed by atoms with van der Waals surface area (Å²) in [4.78, 5) is 1.37. The number of rotatable bonds is 7. The van der Waals surface area contributed by atoms with Gasteiger partial charge in [-0.25, -0.2) is 0 Å². The molecule has 1 fully saturated rings. The molecule has 1 aliphatic rings. The second kappa shape index (κ2) is 6.09. The van der Waals surface area contributed by atoms with Crippen LogP contribution in [0.3, 0.4) is 0 Å². The van der Waals surface area contributed by atoms with Crippen molar-refractivity contribution in [3.63, 3.8) is 0 Å². The van der Waals surface area contributed by atoms with E-state index >= 15 is 0 Å². The van der Waals surface area contributed by atoms with Crippen molar-refractivity contribution in [2.75, 3.05) is 26.4 Å². The molecule has 18 heavy (non-hydrogen) atoms. The van der Waals surface area contributed by atoms with Crippen molar-refractivity contribution in [3.8, 4) is 0 Å². The van der Waals surface area contributed by atoms with Crippen LogP contribution in [0.2, 0.25) is 0 Å². The molecule has 0 bridgehead atoms. The van der Waals surface area contributed by atoms with Gasteiger partial charge in [-0.15, -0.1) is 11.8 Å². The third kappa shape index (κ3) is 2.90. The Morgan fingerprint density at radius 2 is 1.89 bits per heavy atom. The molecular formula is C15H24N2S. The third-order valence-corrected chi connectivity index (χ3v) is 4.74. The maximum absolute atomic E-state index is 3.51. The number of hydrogen-bond acceptors (Lipinski definition) is 3. The normalized spacial score (nSPS) is 18.6. The van der Waals surface area contributed by atoms with Crippen molar-refractivity contribution in [2.24, 2.45) is 5.41 Å². The van der Waals surface area contributed by atoms with E-state index in [9.17, 15) is 0 Å². The van der Waals surface area contributed by atoms with E-state index in [1.807, 2.05) is 18.8 Å². The standard InChI is InChI=1S/C15H24N2S/c1-4-18-13-7-5-12(6-8-13)14(17-3)15(9-10-15)11-16-2/h5-8,14,16-17H,4,9-11H2,1-3H3. The Morgan fingerprint density at radius 1 is 1.22 bits per heavy atom. The lowest BCUT2D eigenvalue weighted by Gasteiger charge is -2.27. The zero-order valence-electron chi connectivity index (χ0n) is 11.6. The van der Waals surface area contributed by atoms with E-state index in [0.717, 1.165) is 12.3 Å². The minimum Gasteiger partial charge on any atom is -0.319 e. The average Bonchev–Trinajstić information content (AvgIpc) is 3.14. The van der Waals surface area contributed by atoms with Gasteiger partial charge in [0.25, 0.3) is 0 Å². The second-order valence-corrected chi connectivity index (χ2v) is 6.45. The molecule has 0 spiro atoms. The molecule has 1 unspecified atom stereocenters. The van der Waals surface area contributed by atoms with Gasteiger partial charge in [-0.05, 0) is 50.4 Å². The third-order valence-electron chi connectivity index (χ3n) is 3.85. The van der Waals surface area contributed by atoms with Gasteiger partial charge in [-0.2, -0.15) is 0 Å². The van der Waals surface area contributed by atoms with E-state index in [4.69, 9.17) is 0 Å². The quantitative estimate of drug-likeness (QED) is 0.740. The molecule has 1 aromatic carbocycles. The van der Waals surface area contributed by atoms with Crippen LogP contribution in [0.25, 0.3) is 0 Å². The first-order valence-corrected chi connectivity index (χ1v) is 7.79. The predicted molar refractivity (Wildman–Crippen MR) is 80.2 cm³/mol. The lowest BCUT2D eigenvalue weighted by Crippen LogP contribution is -2.33. The largest absolute Gasteiger partial charge is 0.319 e. The summed E-state index contributed by atoms with van der Waals surface area (Å²) in [6, 6.07) is 9.56. The highest BCUT2D eigenvalue weighted by Crippen LogP contribution is 2.54. The monoisotopic (exact) mass is 264 g/mol. The van der Waals surface area contributed by atoms with Gasteiger partial charge in [0, 0.05) is 22.9 Å². The summed E-state index contributed by atoms with van der Waals surface area (Å²) in [6.45, 7) is 3.30. The van der Waals surface area contributed by atoms with Crippen LogP contribution in [0.5, 0.6) is 0 Å². The molecule has 2 rings (SSSR count). The lowest BCUT2D eigenvalue weighted by molar-refractivity contribution is 0.347. The Hall–Kier alpha value is -0.510. The lowest BCUT2D eigenvalue weighted by atomic mass is 9.90. The molecule has 0 saturated heterocycles. The molecule has 0 aliphatic heterocycles. The van der Waals surface area contributed by atoms with E-state index in [1.54, 1.807) is 0 Å². The molecule has 1 atom stereocenters. The fraction of sp³-hybridized carbons (Fsp3) is 0.600. The Labute approximate surface area is 115 Å². The van der Waals surface area contributed by atoms with E-state index in [1.165, 1.54) is 23.3 Å². The van der Waals surface area contributed by atoms with Crippen molar-refractivity contribution in [1.82, 2.24) is 10.6 Å². The van der Waals surface area contributed by atoms with Crippen molar-refractivity contribution in [1.29, 1.82) is 0 Å². The molecule has 2 nitrogen and oxygen atoms in total. The van der Waals surface area contributed by atoms with Gasteiger partial charge in [0.2, 0.25) is 0 Å². The smallest absolute Gasteiger partial charge is 0.0386 e. The van der Waals surface area contributed by atoms with Crippen molar-refractivity contribution in [3.05, 3.63) is 29.8 Å². The van der Waals surface area contributed by atoms with Crippen LogP contribution < -0.4 is 10.6 Å². The van der Waals surface area contributed by atoms with Crippen molar-refractivity contribution >= 4 is 11.8 Å². The zero-order chi connectivity index (χ0) is 13.0. The van der Waals surface area contributed by atoms with Gasteiger partial charge < -0.3 is 10.6 Å². The van der Waals surface area contributed by atoms with E-state index in [2.05, 4.69) is 48.9 Å². The topological polar surface area (TPSA) is 24.1 Å². The van der Waals surface area contributed by atoms with Crippen molar-refractivity contribution < 1.29 is 0 Å². The summed E-state index contributed by atoms with van der Waals surface area (Å²) in [5, 5.41) is 6.85. The van der Waals surface area contributed by atoms with Gasteiger partial charge in [0.1, 0.15) is 0 Å². The molecule has 1 aliphatic carbocycles. The summed E-state index contributed by atoms with van der Waals surface area (Å²) in [7, 11) is 4.13. The SMILES string of the molecule is CCSc1ccc(C(NC)C2(CNC)CC2)cc1. The molecule has 100 valence electrons. The van der Waals surface area contributed by atoms with Crippen LogP contribution in [-0.2, 0) is 0 Å². The summed E-state index contributed by atoms with van der Waals surface area (Å²) >= 11 is 1.90. The summed E-state index contributed by atoms with van der Waals surface area (Å²) in [5.74, 6) is 1.14. The Morgan fingerprint density at radius 3 is 2.33 bits per heavy atom. The van der Waals surface area contributed by atoms with Crippen molar-refractivity contribution in [2.45, 2.75) is 30.7 Å². The fourth-order valence-corrected chi connectivity index (χ4v) is 3.49. The van der Waals surface area contributed by atoms with Crippen LogP contribution >= 0.6 is 11.8 Å². The molecule has 0 aromatic heterocycles. The van der Waals surface area contributed by atoms with Gasteiger partial charge in [0.05, 0.1) is 0 Å². The number of benzene rings is 1. The van der Waals surface area contributed by atoms with E-state index in [-0.39, 0.29) is 0 Å². The van der Waals surface area contributed by atoms with E-state index in [0.29, 0.717) is 11.5 Å². The number of nitrogens with one attached hydrogen (secondary N) is 2. The van der Waals surface area contributed by atoms with Crippen LogP contribution in [0, 0.1) is 5.41 Å². The highest BCUT2D eigenvalue weighted by molar-refractivity contribution is 7.99. The first kappa shape index (κ1) is 13.9. The van der Waals surface area contributed by atoms with Crippen LogP contribution in [-0.4, -0.2) is 26.4 Å². The number of thioether (sulfide) groups is 1. The molecule has 0 heterocycles. The maximum Gasteiger partial charge on any atom is 0.0386 e. The summed E-state index contributed by atoms with van der Waals surface area (Å²) in [6.07, 6.45) is 2.65. The summed E-state index contributed by atoms with van der Waals surface area (Å²) < 4.78 is 0. The first-order chi connectivity index (χ1) is 8.75. The highest BCUT2D eigenvalue weighted by Gasteiger charge is 2.48. The second-order valence-electron chi connectivity index (χ2n) is 5.12. The molecule has 2 N–H and O–H groups in total. The van der Waals surface area contributed by atoms with Gasteiger partial charge in [0.15, 0.2) is 0 Å². The maximum atomic E-state index is 3.51. The van der Waals surface area contributed by atoms with Crippen LogP contribution in [0.1, 0.15) is 31.4 Å². The van der Waals surface area contributed by atoms with E-state index < -0.39 is 0 Å². The van der Waals surface area contributed by atoms with Gasteiger partial charge >= 0.3 is 0 Å². The fourth-order valence-electron chi connectivity index (χ4n) is 2.83. The highest BCUT2D eigenvalue weighted by atomic mass is 32.2. The Kier molecular flexibility index (Phi) is 4.71. The summed E-state index contributed by atoms with van der Waals surface area (Å²) in [5.41, 5.74) is 1.86. The molecule has 3 heteroatoms. The van der Waals surface area contributed by atoms with Crippen LogP contribution in [0.4, 0.5) is 0 Å². The van der Waals surface area contributed by atoms with Crippen LogP contribution in [0.15, 0.2) is 29.2 Å².